The summed E-state index contributed by atoms with van der Waals surface area (Å²) in [4.78, 5) is 12.1. The summed E-state index contributed by atoms with van der Waals surface area (Å²) < 4.78 is 1.01. The maximum atomic E-state index is 12.1. The van der Waals surface area contributed by atoms with Crippen molar-refractivity contribution in [3.05, 3.63) is 33.8 Å². The summed E-state index contributed by atoms with van der Waals surface area (Å²) in [6.07, 6.45) is 3.40. The predicted octanol–water partition coefficient (Wildman–Crippen LogP) is 3.43. The maximum absolute atomic E-state index is 12.1. The summed E-state index contributed by atoms with van der Waals surface area (Å²) in [5.74, 6) is 0.0483. The number of carbonyl (C=O) groups is 1. The van der Waals surface area contributed by atoms with E-state index in [1.54, 1.807) is 0 Å². The minimum Gasteiger partial charge on any atom is -0.347 e. The first-order valence-electron chi connectivity index (χ1n) is 5.59. The van der Waals surface area contributed by atoms with Crippen molar-refractivity contribution in [1.82, 2.24) is 5.32 Å². The summed E-state index contributed by atoms with van der Waals surface area (Å²) >= 11 is 3.40. The van der Waals surface area contributed by atoms with Crippen LogP contribution in [-0.4, -0.2) is 11.4 Å². The van der Waals surface area contributed by atoms with E-state index in [4.69, 9.17) is 0 Å². The van der Waals surface area contributed by atoms with Crippen LogP contribution in [0.2, 0.25) is 0 Å². The van der Waals surface area contributed by atoms with Crippen molar-refractivity contribution in [2.24, 2.45) is 0 Å². The van der Waals surface area contributed by atoms with Crippen LogP contribution < -0.4 is 5.32 Å². The zero-order chi connectivity index (χ0) is 11.8. The Bertz CT molecular complexity index is 424. The number of carbonyl (C=O) groups excluding carboxylic acids is 1. The molecule has 1 aliphatic carbocycles. The fourth-order valence-electron chi connectivity index (χ4n) is 2.06. The highest BCUT2D eigenvalue weighted by Crippen LogP contribution is 2.31. The maximum Gasteiger partial charge on any atom is 0.251 e. The summed E-state index contributed by atoms with van der Waals surface area (Å²) in [6.45, 7) is 4.07. The van der Waals surface area contributed by atoms with Gasteiger partial charge >= 0.3 is 0 Å². The molecule has 1 saturated carbocycles. The Morgan fingerprint density at radius 3 is 2.62 bits per heavy atom. The van der Waals surface area contributed by atoms with Gasteiger partial charge in [-0.25, -0.2) is 0 Å². The standard InChI is InChI=1S/C13H16BrNO/c1-9-8-10(14)4-5-11(9)12(16)15-13(2)6-3-7-13/h4-5,8H,3,6-7H2,1-2H3,(H,15,16). The third-order valence-electron chi connectivity index (χ3n) is 3.31. The van der Waals surface area contributed by atoms with Gasteiger partial charge in [0.1, 0.15) is 0 Å². The van der Waals surface area contributed by atoms with E-state index in [0.717, 1.165) is 28.4 Å². The lowest BCUT2D eigenvalue weighted by Crippen LogP contribution is -2.51. The quantitative estimate of drug-likeness (QED) is 0.884. The van der Waals surface area contributed by atoms with Gasteiger partial charge in [-0.15, -0.1) is 0 Å². The molecule has 0 atom stereocenters. The molecule has 1 aromatic rings. The van der Waals surface area contributed by atoms with E-state index in [1.807, 2.05) is 25.1 Å². The normalized spacial score (nSPS) is 17.7. The van der Waals surface area contributed by atoms with Gasteiger partial charge in [-0.3, -0.25) is 4.79 Å². The SMILES string of the molecule is Cc1cc(Br)ccc1C(=O)NC1(C)CCC1. The van der Waals surface area contributed by atoms with E-state index in [2.05, 4.69) is 28.2 Å². The third-order valence-corrected chi connectivity index (χ3v) is 3.80. The molecule has 86 valence electrons. The third kappa shape index (κ3) is 2.29. The van der Waals surface area contributed by atoms with E-state index in [1.165, 1.54) is 6.42 Å². The van der Waals surface area contributed by atoms with Crippen molar-refractivity contribution in [3.8, 4) is 0 Å². The van der Waals surface area contributed by atoms with Gasteiger partial charge in [-0.2, -0.15) is 0 Å². The van der Waals surface area contributed by atoms with E-state index in [0.29, 0.717) is 0 Å². The first kappa shape index (κ1) is 11.6. The van der Waals surface area contributed by atoms with Crippen molar-refractivity contribution in [2.45, 2.75) is 38.6 Å². The van der Waals surface area contributed by atoms with Crippen molar-refractivity contribution >= 4 is 21.8 Å². The fraction of sp³-hybridized carbons (Fsp3) is 0.462. The highest BCUT2D eigenvalue weighted by molar-refractivity contribution is 9.10. The Kier molecular flexibility index (Phi) is 3.06. The lowest BCUT2D eigenvalue weighted by molar-refractivity contribution is 0.0850. The Hall–Kier alpha value is -0.830. The van der Waals surface area contributed by atoms with Gasteiger partial charge < -0.3 is 5.32 Å². The Labute approximate surface area is 105 Å². The molecular weight excluding hydrogens is 266 g/mol. The molecule has 1 fully saturated rings. The number of hydrogen-bond acceptors (Lipinski definition) is 1. The summed E-state index contributed by atoms with van der Waals surface area (Å²) in [5.41, 5.74) is 1.81. The van der Waals surface area contributed by atoms with E-state index < -0.39 is 0 Å². The first-order valence-corrected chi connectivity index (χ1v) is 6.38. The van der Waals surface area contributed by atoms with Crippen LogP contribution in [-0.2, 0) is 0 Å². The van der Waals surface area contributed by atoms with Crippen molar-refractivity contribution < 1.29 is 4.79 Å². The molecule has 1 amide bonds. The topological polar surface area (TPSA) is 29.1 Å². The van der Waals surface area contributed by atoms with Gasteiger partial charge in [0, 0.05) is 15.6 Å². The van der Waals surface area contributed by atoms with Gasteiger partial charge in [-0.05, 0) is 56.9 Å². The smallest absolute Gasteiger partial charge is 0.251 e. The predicted molar refractivity (Wildman–Crippen MR) is 68.6 cm³/mol. The Morgan fingerprint density at radius 2 is 2.12 bits per heavy atom. The molecule has 16 heavy (non-hydrogen) atoms. The zero-order valence-corrected chi connectivity index (χ0v) is 11.2. The first-order chi connectivity index (χ1) is 7.50. The van der Waals surface area contributed by atoms with Gasteiger partial charge in [0.15, 0.2) is 0 Å². The van der Waals surface area contributed by atoms with Gasteiger partial charge in [-0.1, -0.05) is 15.9 Å². The van der Waals surface area contributed by atoms with E-state index in [-0.39, 0.29) is 11.4 Å². The van der Waals surface area contributed by atoms with Gasteiger partial charge in [0.2, 0.25) is 0 Å². The second kappa shape index (κ2) is 4.21. The van der Waals surface area contributed by atoms with E-state index in [9.17, 15) is 4.79 Å². The lowest BCUT2D eigenvalue weighted by atomic mass is 9.78. The highest BCUT2D eigenvalue weighted by atomic mass is 79.9. The van der Waals surface area contributed by atoms with Crippen LogP contribution in [0.3, 0.4) is 0 Å². The van der Waals surface area contributed by atoms with Crippen LogP contribution in [0.25, 0.3) is 0 Å². The molecule has 2 rings (SSSR count). The summed E-state index contributed by atoms with van der Waals surface area (Å²) in [6, 6.07) is 5.75. The second-order valence-electron chi connectivity index (χ2n) is 4.83. The largest absolute Gasteiger partial charge is 0.347 e. The molecular formula is C13H16BrNO. The van der Waals surface area contributed by atoms with Crippen molar-refractivity contribution in [2.75, 3.05) is 0 Å². The molecule has 0 unspecified atom stereocenters. The van der Waals surface area contributed by atoms with Crippen molar-refractivity contribution in [3.63, 3.8) is 0 Å². The van der Waals surface area contributed by atoms with Gasteiger partial charge in [0.25, 0.3) is 5.91 Å². The number of halogens is 1. The summed E-state index contributed by atoms with van der Waals surface area (Å²) in [7, 11) is 0. The van der Waals surface area contributed by atoms with Crippen molar-refractivity contribution in [1.29, 1.82) is 0 Å². The van der Waals surface area contributed by atoms with Crippen LogP contribution in [0.5, 0.6) is 0 Å². The van der Waals surface area contributed by atoms with Crippen LogP contribution in [0.4, 0.5) is 0 Å². The number of rotatable bonds is 2. The molecule has 1 aliphatic rings. The molecule has 0 saturated heterocycles. The average molecular weight is 282 g/mol. The number of hydrogen-bond donors (Lipinski definition) is 1. The number of benzene rings is 1. The number of nitrogens with one attached hydrogen (secondary N) is 1. The molecule has 0 radical (unpaired) electrons. The lowest BCUT2D eigenvalue weighted by Gasteiger charge is -2.39. The molecule has 0 heterocycles. The molecule has 1 N–H and O–H groups in total. The Balaban J connectivity index is 2.14. The monoisotopic (exact) mass is 281 g/mol. The minimum atomic E-state index is 0.0244. The second-order valence-corrected chi connectivity index (χ2v) is 5.74. The minimum absolute atomic E-state index is 0.0244. The Morgan fingerprint density at radius 1 is 1.44 bits per heavy atom. The average Bonchev–Trinajstić information content (AvgIpc) is 2.14. The van der Waals surface area contributed by atoms with Crippen LogP contribution in [0.15, 0.2) is 22.7 Å². The van der Waals surface area contributed by atoms with Gasteiger partial charge in [0.05, 0.1) is 0 Å². The highest BCUT2D eigenvalue weighted by Gasteiger charge is 2.33. The summed E-state index contributed by atoms with van der Waals surface area (Å²) in [5, 5.41) is 3.12. The molecule has 1 aromatic carbocycles. The number of aryl methyl sites for hydroxylation is 1. The molecule has 2 nitrogen and oxygen atoms in total. The molecule has 0 bridgehead atoms. The molecule has 3 heteroatoms. The number of amides is 1. The zero-order valence-electron chi connectivity index (χ0n) is 9.64. The fourth-order valence-corrected chi connectivity index (χ4v) is 2.53. The van der Waals surface area contributed by atoms with Crippen LogP contribution in [0.1, 0.15) is 42.1 Å². The van der Waals surface area contributed by atoms with E-state index >= 15 is 0 Å². The molecule has 0 spiro atoms. The molecule has 0 aliphatic heterocycles. The van der Waals surface area contributed by atoms with Crippen LogP contribution >= 0.6 is 15.9 Å². The molecule has 0 aromatic heterocycles. The van der Waals surface area contributed by atoms with Crippen LogP contribution in [0, 0.1) is 6.92 Å².